The highest BCUT2D eigenvalue weighted by atomic mass is 16.5. The zero-order valence-electron chi connectivity index (χ0n) is 11.4. The standard InChI is InChI=1S/C12H16N6O2/c1-17-8(4-6-14-17)9-3-5-13-12-15-10(16-18(9)12)7-11(19)20-2/h4,6,9H,3,5,7H2,1-2H3,(H,13,15,16). The van der Waals surface area contributed by atoms with Crippen LogP contribution in [-0.4, -0.2) is 44.2 Å². The smallest absolute Gasteiger partial charge is 0.313 e. The summed E-state index contributed by atoms with van der Waals surface area (Å²) in [6.07, 6.45) is 2.74. The Morgan fingerprint density at radius 1 is 1.60 bits per heavy atom. The summed E-state index contributed by atoms with van der Waals surface area (Å²) in [5, 5.41) is 11.8. The molecular formula is C12H16N6O2. The van der Waals surface area contributed by atoms with Gasteiger partial charge in [-0.05, 0) is 12.5 Å². The minimum atomic E-state index is -0.343. The summed E-state index contributed by atoms with van der Waals surface area (Å²) >= 11 is 0. The molecule has 2 aromatic rings. The third-order valence-electron chi connectivity index (χ3n) is 3.40. The van der Waals surface area contributed by atoms with Gasteiger partial charge in [0.2, 0.25) is 5.95 Å². The Labute approximate surface area is 115 Å². The van der Waals surface area contributed by atoms with E-state index in [1.807, 2.05) is 22.5 Å². The second-order valence-electron chi connectivity index (χ2n) is 4.66. The molecule has 0 bridgehead atoms. The maximum atomic E-state index is 11.3. The molecule has 8 nitrogen and oxygen atoms in total. The molecule has 0 amide bonds. The number of methoxy groups -OCH3 is 1. The first-order valence-electron chi connectivity index (χ1n) is 6.43. The quantitative estimate of drug-likeness (QED) is 0.802. The molecule has 1 unspecified atom stereocenters. The molecule has 20 heavy (non-hydrogen) atoms. The Morgan fingerprint density at radius 2 is 2.45 bits per heavy atom. The predicted molar refractivity (Wildman–Crippen MR) is 70.2 cm³/mol. The number of hydrogen-bond acceptors (Lipinski definition) is 6. The van der Waals surface area contributed by atoms with E-state index in [2.05, 4.69) is 25.2 Å². The molecular weight excluding hydrogens is 260 g/mol. The van der Waals surface area contributed by atoms with Crippen molar-refractivity contribution in [1.82, 2.24) is 24.5 Å². The van der Waals surface area contributed by atoms with Crippen molar-refractivity contribution in [1.29, 1.82) is 0 Å². The minimum Gasteiger partial charge on any atom is -0.469 e. The van der Waals surface area contributed by atoms with Crippen LogP contribution >= 0.6 is 0 Å². The van der Waals surface area contributed by atoms with E-state index in [4.69, 9.17) is 0 Å². The molecule has 1 aliphatic heterocycles. The highest BCUT2D eigenvalue weighted by Gasteiger charge is 2.26. The van der Waals surface area contributed by atoms with Gasteiger partial charge >= 0.3 is 5.97 Å². The Hall–Kier alpha value is -2.38. The van der Waals surface area contributed by atoms with Crippen LogP contribution in [0.3, 0.4) is 0 Å². The van der Waals surface area contributed by atoms with Crippen LogP contribution in [0.1, 0.15) is 24.0 Å². The monoisotopic (exact) mass is 276 g/mol. The highest BCUT2D eigenvalue weighted by Crippen LogP contribution is 2.27. The van der Waals surface area contributed by atoms with Gasteiger partial charge < -0.3 is 10.1 Å². The molecule has 1 N–H and O–H groups in total. The van der Waals surface area contributed by atoms with Gasteiger partial charge in [-0.1, -0.05) is 0 Å². The fraction of sp³-hybridized carbons (Fsp3) is 0.500. The van der Waals surface area contributed by atoms with Gasteiger partial charge in [-0.2, -0.15) is 15.2 Å². The fourth-order valence-corrected chi connectivity index (χ4v) is 2.41. The Morgan fingerprint density at radius 3 is 3.15 bits per heavy atom. The van der Waals surface area contributed by atoms with Crippen LogP contribution in [0, 0.1) is 0 Å². The van der Waals surface area contributed by atoms with Crippen molar-refractivity contribution in [3.8, 4) is 0 Å². The van der Waals surface area contributed by atoms with Crippen LogP contribution in [0.5, 0.6) is 0 Å². The van der Waals surface area contributed by atoms with E-state index in [1.54, 1.807) is 6.20 Å². The van der Waals surface area contributed by atoms with E-state index in [-0.39, 0.29) is 18.4 Å². The number of aryl methyl sites for hydroxylation is 1. The molecule has 106 valence electrons. The van der Waals surface area contributed by atoms with Crippen molar-refractivity contribution in [2.24, 2.45) is 7.05 Å². The molecule has 0 aromatic carbocycles. The number of nitrogens with one attached hydrogen (secondary N) is 1. The summed E-state index contributed by atoms with van der Waals surface area (Å²) in [5.41, 5.74) is 1.07. The number of ether oxygens (including phenoxy) is 1. The van der Waals surface area contributed by atoms with Crippen molar-refractivity contribution in [2.45, 2.75) is 18.9 Å². The molecule has 3 rings (SSSR count). The molecule has 0 aliphatic carbocycles. The molecule has 3 heterocycles. The number of rotatable bonds is 3. The lowest BCUT2D eigenvalue weighted by molar-refractivity contribution is -0.139. The average Bonchev–Trinajstić information content (AvgIpc) is 3.03. The Kier molecular flexibility index (Phi) is 3.13. The first kappa shape index (κ1) is 12.6. The average molecular weight is 276 g/mol. The molecule has 1 atom stereocenters. The Bertz CT molecular complexity index is 632. The summed E-state index contributed by atoms with van der Waals surface area (Å²) in [6, 6.07) is 2.05. The molecule has 0 spiro atoms. The summed E-state index contributed by atoms with van der Waals surface area (Å²) in [4.78, 5) is 15.7. The number of anilines is 1. The summed E-state index contributed by atoms with van der Waals surface area (Å²) in [6.45, 7) is 0.812. The van der Waals surface area contributed by atoms with E-state index in [0.717, 1.165) is 18.7 Å². The number of aromatic nitrogens is 5. The fourth-order valence-electron chi connectivity index (χ4n) is 2.41. The highest BCUT2D eigenvalue weighted by molar-refractivity contribution is 5.71. The van der Waals surface area contributed by atoms with Crippen LogP contribution in [-0.2, 0) is 23.0 Å². The van der Waals surface area contributed by atoms with E-state index >= 15 is 0 Å². The second kappa shape index (κ2) is 4.95. The van der Waals surface area contributed by atoms with Crippen LogP contribution in [0.2, 0.25) is 0 Å². The number of hydrogen-bond donors (Lipinski definition) is 1. The van der Waals surface area contributed by atoms with Crippen LogP contribution in [0.4, 0.5) is 5.95 Å². The molecule has 0 saturated heterocycles. The van der Waals surface area contributed by atoms with Crippen LogP contribution in [0.15, 0.2) is 12.3 Å². The largest absolute Gasteiger partial charge is 0.469 e. The van der Waals surface area contributed by atoms with Gasteiger partial charge in [-0.25, -0.2) is 4.68 Å². The van der Waals surface area contributed by atoms with Gasteiger partial charge in [0.05, 0.1) is 18.8 Å². The first-order valence-corrected chi connectivity index (χ1v) is 6.43. The Balaban J connectivity index is 1.93. The molecule has 0 saturated carbocycles. The third kappa shape index (κ3) is 2.13. The maximum Gasteiger partial charge on any atom is 0.313 e. The number of carbonyl (C=O) groups excluding carboxylic acids is 1. The summed E-state index contributed by atoms with van der Waals surface area (Å²) in [7, 11) is 3.26. The second-order valence-corrected chi connectivity index (χ2v) is 4.66. The molecule has 2 aromatic heterocycles. The first-order chi connectivity index (χ1) is 9.69. The topological polar surface area (TPSA) is 86.9 Å². The van der Waals surface area contributed by atoms with Crippen molar-refractivity contribution in [3.05, 3.63) is 23.8 Å². The third-order valence-corrected chi connectivity index (χ3v) is 3.40. The van der Waals surface area contributed by atoms with Gasteiger partial charge in [0.1, 0.15) is 6.42 Å². The van der Waals surface area contributed by atoms with Crippen molar-refractivity contribution in [2.75, 3.05) is 19.0 Å². The maximum absolute atomic E-state index is 11.3. The van der Waals surface area contributed by atoms with Crippen LogP contribution < -0.4 is 5.32 Å². The number of esters is 1. The van der Waals surface area contributed by atoms with E-state index in [0.29, 0.717) is 11.8 Å². The van der Waals surface area contributed by atoms with Gasteiger partial charge in [0.25, 0.3) is 0 Å². The van der Waals surface area contributed by atoms with Gasteiger partial charge in [-0.15, -0.1) is 0 Å². The van der Waals surface area contributed by atoms with Gasteiger partial charge in [0, 0.05) is 19.8 Å². The normalized spacial score (nSPS) is 17.4. The zero-order chi connectivity index (χ0) is 14.1. The zero-order valence-corrected chi connectivity index (χ0v) is 11.4. The summed E-state index contributed by atoms with van der Waals surface area (Å²) in [5.74, 6) is 0.805. The predicted octanol–water partition coefficient (Wildman–Crippen LogP) is 0.132. The SMILES string of the molecule is COC(=O)Cc1nc2n(n1)C(c1ccnn1C)CCN2. The lowest BCUT2D eigenvalue weighted by Gasteiger charge is -2.24. The van der Waals surface area contributed by atoms with E-state index in [9.17, 15) is 4.79 Å². The van der Waals surface area contributed by atoms with Gasteiger partial charge in [-0.3, -0.25) is 9.48 Å². The minimum absolute atomic E-state index is 0.0796. The molecule has 1 aliphatic rings. The lowest BCUT2D eigenvalue weighted by Crippen LogP contribution is -2.26. The molecule has 0 fully saturated rings. The lowest BCUT2D eigenvalue weighted by atomic mass is 10.1. The molecule has 0 radical (unpaired) electrons. The van der Waals surface area contributed by atoms with E-state index < -0.39 is 0 Å². The van der Waals surface area contributed by atoms with Gasteiger partial charge in [0.15, 0.2) is 5.82 Å². The van der Waals surface area contributed by atoms with Crippen LogP contribution in [0.25, 0.3) is 0 Å². The van der Waals surface area contributed by atoms with Crippen molar-refractivity contribution in [3.63, 3.8) is 0 Å². The number of nitrogens with zero attached hydrogens (tertiary/aromatic N) is 5. The number of carbonyl (C=O) groups is 1. The summed E-state index contributed by atoms with van der Waals surface area (Å²) < 4.78 is 8.29. The van der Waals surface area contributed by atoms with Crippen molar-refractivity contribution >= 4 is 11.9 Å². The van der Waals surface area contributed by atoms with Crippen molar-refractivity contribution < 1.29 is 9.53 Å². The number of fused-ring (bicyclic) bond motifs is 1. The molecule has 8 heteroatoms. The van der Waals surface area contributed by atoms with E-state index in [1.165, 1.54) is 7.11 Å².